The van der Waals surface area contributed by atoms with E-state index in [2.05, 4.69) is 12.1 Å². The van der Waals surface area contributed by atoms with Crippen LogP contribution in [0, 0.1) is 5.92 Å². The Morgan fingerprint density at radius 2 is 2.05 bits per heavy atom. The van der Waals surface area contributed by atoms with Crippen molar-refractivity contribution >= 4 is 23.6 Å². The molecule has 1 aromatic carbocycles. The molecule has 2 rings (SSSR count). The van der Waals surface area contributed by atoms with Crippen molar-refractivity contribution in [3.05, 3.63) is 35.9 Å². The lowest BCUT2D eigenvalue weighted by molar-refractivity contribution is -0.141. The van der Waals surface area contributed by atoms with Crippen molar-refractivity contribution in [2.24, 2.45) is 5.92 Å². The minimum atomic E-state index is -0.794. The molecule has 1 heterocycles. The second-order valence-electron chi connectivity index (χ2n) is 4.95. The zero-order chi connectivity index (χ0) is 14.4. The smallest absolute Gasteiger partial charge is 0.308 e. The van der Waals surface area contributed by atoms with Gasteiger partial charge in [0.15, 0.2) is 0 Å². The number of hydrogen-bond acceptors (Lipinski definition) is 3. The summed E-state index contributed by atoms with van der Waals surface area (Å²) in [5.41, 5.74) is 1.28. The topological polar surface area (TPSA) is 57.6 Å². The van der Waals surface area contributed by atoms with Crippen LogP contribution >= 0.6 is 11.8 Å². The normalized spacial score (nSPS) is 18.2. The molecule has 1 amide bonds. The molecule has 0 spiro atoms. The van der Waals surface area contributed by atoms with Gasteiger partial charge in [-0.05, 0) is 24.2 Å². The summed E-state index contributed by atoms with van der Waals surface area (Å²) in [6.45, 7) is 0.947. The van der Waals surface area contributed by atoms with Crippen molar-refractivity contribution in [3.63, 3.8) is 0 Å². The first-order valence-corrected chi connectivity index (χ1v) is 7.94. The zero-order valence-corrected chi connectivity index (χ0v) is 12.1. The van der Waals surface area contributed by atoms with Crippen LogP contribution in [-0.2, 0) is 16.0 Å². The molecule has 0 bridgehead atoms. The van der Waals surface area contributed by atoms with Gasteiger partial charge in [-0.3, -0.25) is 9.59 Å². The van der Waals surface area contributed by atoms with Crippen LogP contribution in [0.1, 0.15) is 12.0 Å². The lowest BCUT2D eigenvalue weighted by Gasteiger charge is -2.15. The van der Waals surface area contributed by atoms with Gasteiger partial charge in [0.1, 0.15) is 0 Å². The van der Waals surface area contributed by atoms with Gasteiger partial charge in [-0.2, -0.15) is 11.8 Å². The predicted octanol–water partition coefficient (Wildman–Crippen LogP) is 1.90. The van der Waals surface area contributed by atoms with E-state index in [1.54, 1.807) is 16.7 Å². The molecule has 4 nitrogen and oxygen atoms in total. The molecule has 0 saturated carbocycles. The highest BCUT2D eigenvalue weighted by molar-refractivity contribution is 7.99. The maximum absolute atomic E-state index is 11.9. The van der Waals surface area contributed by atoms with Crippen LogP contribution in [-0.4, -0.2) is 46.5 Å². The van der Waals surface area contributed by atoms with Crippen LogP contribution in [0.15, 0.2) is 30.3 Å². The Labute approximate surface area is 123 Å². The molecule has 20 heavy (non-hydrogen) atoms. The minimum absolute atomic E-state index is 0.0619. The first-order valence-electron chi connectivity index (χ1n) is 6.79. The zero-order valence-electron chi connectivity index (χ0n) is 11.3. The Balaban J connectivity index is 1.65. The summed E-state index contributed by atoms with van der Waals surface area (Å²) in [5.74, 6) is 0.239. The number of carboxylic acid groups (broad SMARTS) is 1. The van der Waals surface area contributed by atoms with Gasteiger partial charge in [-0.25, -0.2) is 0 Å². The monoisotopic (exact) mass is 293 g/mol. The standard InChI is InChI=1S/C15H19NO3S/c17-14(16-8-6-13(10-16)15(18)19)11-20-9-7-12-4-2-1-3-5-12/h1-5,13H,6-11H2,(H,18,19). The summed E-state index contributed by atoms with van der Waals surface area (Å²) in [4.78, 5) is 24.5. The fourth-order valence-corrected chi connectivity index (χ4v) is 3.16. The molecule has 0 aliphatic carbocycles. The third-order valence-corrected chi connectivity index (χ3v) is 4.44. The highest BCUT2D eigenvalue weighted by Crippen LogP contribution is 2.17. The highest BCUT2D eigenvalue weighted by Gasteiger charge is 2.30. The molecule has 1 aliphatic rings. The fourth-order valence-electron chi connectivity index (χ4n) is 2.27. The Bertz CT molecular complexity index is 463. The summed E-state index contributed by atoms with van der Waals surface area (Å²) in [6, 6.07) is 10.2. The summed E-state index contributed by atoms with van der Waals surface area (Å²) < 4.78 is 0. The van der Waals surface area contributed by atoms with E-state index in [4.69, 9.17) is 5.11 Å². The van der Waals surface area contributed by atoms with Crippen molar-refractivity contribution in [3.8, 4) is 0 Å². The third-order valence-electron chi connectivity index (χ3n) is 3.49. The van der Waals surface area contributed by atoms with Crippen LogP contribution in [0.4, 0.5) is 0 Å². The van der Waals surface area contributed by atoms with Crippen molar-refractivity contribution in [2.45, 2.75) is 12.8 Å². The minimum Gasteiger partial charge on any atom is -0.481 e. The van der Waals surface area contributed by atoms with Gasteiger partial charge in [-0.15, -0.1) is 0 Å². The van der Waals surface area contributed by atoms with Crippen LogP contribution in [0.5, 0.6) is 0 Å². The number of aliphatic carboxylic acids is 1. The number of carboxylic acids is 1. The number of carbonyl (C=O) groups is 2. The van der Waals surface area contributed by atoms with Gasteiger partial charge in [-0.1, -0.05) is 30.3 Å². The summed E-state index contributed by atoms with van der Waals surface area (Å²) in [7, 11) is 0. The Morgan fingerprint density at radius 1 is 1.30 bits per heavy atom. The SMILES string of the molecule is O=C(O)C1CCN(C(=O)CSCCc2ccccc2)C1. The summed E-state index contributed by atoms with van der Waals surface area (Å²) in [5, 5.41) is 8.91. The van der Waals surface area contributed by atoms with Crippen molar-refractivity contribution < 1.29 is 14.7 Å². The van der Waals surface area contributed by atoms with Crippen LogP contribution < -0.4 is 0 Å². The molecule has 1 unspecified atom stereocenters. The van der Waals surface area contributed by atoms with E-state index in [0.717, 1.165) is 12.2 Å². The predicted molar refractivity (Wildman–Crippen MR) is 79.8 cm³/mol. The molecule has 1 saturated heterocycles. The lowest BCUT2D eigenvalue weighted by atomic mass is 10.1. The molecule has 5 heteroatoms. The second kappa shape index (κ2) is 7.33. The molecule has 108 valence electrons. The van der Waals surface area contributed by atoms with E-state index in [0.29, 0.717) is 25.3 Å². The number of benzene rings is 1. The van der Waals surface area contributed by atoms with Crippen molar-refractivity contribution in [1.82, 2.24) is 4.90 Å². The average Bonchev–Trinajstić information content (AvgIpc) is 2.94. The number of aryl methyl sites for hydroxylation is 1. The first kappa shape index (κ1) is 14.9. The molecular formula is C15H19NO3S. The van der Waals surface area contributed by atoms with E-state index in [1.165, 1.54) is 5.56 Å². The van der Waals surface area contributed by atoms with Gasteiger partial charge >= 0.3 is 5.97 Å². The molecule has 0 radical (unpaired) electrons. The van der Waals surface area contributed by atoms with Crippen LogP contribution in [0.25, 0.3) is 0 Å². The Kier molecular flexibility index (Phi) is 5.47. The molecule has 1 fully saturated rings. The molecular weight excluding hydrogens is 274 g/mol. The van der Waals surface area contributed by atoms with Gasteiger partial charge in [0.25, 0.3) is 0 Å². The maximum atomic E-state index is 11.9. The molecule has 1 aliphatic heterocycles. The third kappa shape index (κ3) is 4.27. The van der Waals surface area contributed by atoms with E-state index >= 15 is 0 Å². The number of hydrogen-bond donors (Lipinski definition) is 1. The maximum Gasteiger partial charge on any atom is 0.308 e. The first-order chi connectivity index (χ1) is 9.66. The van der Waals surface area contributed by atoms with Crippen molar-refractivity contribution in [2.75, 3.05) is 24.6 Å². The fraction of sp³-hybridized carbons (Fsp3) is 0.467. The van der Waals surface area contributed by atoms with E-state index < -0.39 is 5.97 Å². The molecule has 1 N–H and O–H groups in total. The largest absolute Gasteiger partial charge is 0.481 e. The van der Waals surface area contributed by atoms with E-state index in [9.17, 15) is 9.59 Å². The molecule has 1 aromatic rings. The number of rotatable bonds is 6. The Hall–Kier alpha value is -1.49. The number of likely N-dealkylation sites (tertiary alicyclic amines) is 1. The van der Waals surface area contributed by atoms with Gasteiger partial charge in [0.05, 0.1) is 11.7 Å². The van der Waals surface area contributed by atoms with Crippen LogP contribution in [0.3, 0.4) is 0 Å². The quantitative estimate of drug-likeness (QED) is 0.814. The molecule has 1 atom stereocenters. The van der Waals surface area contributed by atoms with E-state index in [1.807, 2.05) is 18.2 Å². The van der Waals surface area contributed by atoms with Crippen molar-refractivity contribution in [1.29, 1.82) is 0 Å². The van der Waals surface area contributed by atoms with Gasteiger partial charge in [0, 0.05) is 13.1 Å². The average molecular weight is 293 g/mol. The van der Waals surface area contributed by atoms with E-state index in [-0.39, 0.29) is 11.8 Å². The van der Waals surface area contributed by atoms with Gasteiger partial charge < -0.3 is 10.0 Å². The highest BCUT2D eigenvalue weighted by atomic mass is 32.2. The van der Waals surface area contributed by atoms with Crippen LogP contribution in [0.2, 0.25) is 0 Å². The summed E-state index contributed by atoms with van der Waals surface area (Å²) in [6.07, 6.45) is 1.53. The number of thioether (sulfide) groups is 1. The Morgan fingerprint density at radius 3 is 2.70 bits per heavy atom. The number of amides is 1. The number of nitrogens with zero attached hydrogens (tertiary/aromatic N) is 1. The lowest BCUT2D eigenvalue weighted by Crippen LogP contribution is -2.31. The number of carbonyl (C=O) groups excluding carboxylic acids is 1. The summed E-state index contributed by atoms with van der Waals surface area (Å²) >= 11 is 1.61. The van der Waals surface area contributed by atoms with Gasteiger partial charge in [0.2, 0.25) is 5.91 Å². The molecule has 0 aromatic heterocycles. The second-order valence-corrected chi connectivity index (χ2v) is 6.06.